The summed E-state index contributed by atoms with van der Waals surface area (Å²) in [6, 6.07) is 16.2. The first-order valence-corrected chi connectivity index (χ1v) is 14.1. The third-order valence-electron chi connectivity index (χ3n) is 8.46. The number of carbonyl (C=O) groups is 2. The van der Waals surface area contributed by atoms with E-state index in [2.05, 4.69) is 11.1 Å². The van der Waals surface area contributed by atoms with Gasteiger partial charge in [-0.3, -0.25) is 9.59 Å². The molecule has 2 atom stereocenters. The number of amides is 2. The van der Waals surface area contributed by atoms with Gasteiger partial charge in [-0.25, -0.2) is 0 Å². The topological polar surface area (TPSA) is 103 Å². The molecule has 2 aliphatic heterocycles. The van der Waals surface area contributed by atoms with E-state index < -0.39 is 12.1 Å². The monoisotopic (exact) mass is 585 g/mol. The van der Waals surface area contributed by atoms with E-state index in [1.807, 2.05) is 48.5 Å². The van der Waals surface area contributed by atoms with Gasteiger partial charge in [0.05, 0.1) is 48.1 Å². The molecule has 3 aromatic carbocycles. The van der Waals surface area contributed by atoms with E-state index in [1.54, 1.807) is 45.3 Å². The Kier molecular flexibility index (Phi) is 7.52. The van der Waals surface area contributed by atoms with Crippen LogP contribution in [0.2, 0.25) is 0 Å². The van der Waals surface area contributed by atoms with E-state index in [-0.39, 0.29) is 18.4 Å². The van der Waals surface area contributed by atoms with Gasteiger partial charge in [-0.15, -0.1) is 0 Å². The van der Waals surface area contributed by atoms with Gasteiger partial charge in [0.2, 0.25) is 17.6 Å². The summed E-state index contributed by atoms with van der Waals surface area (Å²) < 4.78 is 27.7. The highest BCUT2D eigenvalue weighted by molar-refractivity contribution is 5.97. The number of aromatic nitrogens is 1. The Balaban J connectivity index is 1.39. The number of rotatable bonds is 9. The first-order valence-electron chi connectivity index (χ1n) is 14.1. The van der Waals surface area contributed by atoms with Crippen molar-refractivity contribution in [3.63, 3.8) is 0 Å². The van der Waals surface area contributed by atoms with Crippen LogP contribution in [0.4, 0.5) is 0 Å². The fraction of sp³-hybridized carbons (Fsp3) is 0.333. The van der Waals surface area contributed by atoms with Gasteiger partial charge in [-0.05, 0) is 53.4 Å². The van der Waals surface area contributed by atoms with Gasteiger partial charge >= 0.3 is 0 Å². The Hall–Kier alpha value is -4.86. The number of H-pyrrole nitrogens is 1. The van der Waals surface area contributed by atoms with Crippen molar-refractivity contribution in [2.75, 3.05) is 48.6 Å². The Morgan fingerprint density at radius 1 is 0.814 bits per heavy atom. The average Bonchev–Trinajstić information content (AvgIpc) is 3.42. The number of hydrogen-bond acceptors (Lipinski definition) is 7. The zero-order valence-electron chi connectivity index (χ0n) is 24.9. The number of methoxy groups -OCH3 is 5. The van der Waals surface area contributed by atoms with Gasteiger partial charge in [-0.2, -0.15) is 0 Å². The molecule has 10 nitrogen and oxygen atoms in total. The van der Waals surface area contributed by atoms with Crippen LogP contribution in [0, 0.1) is 0 Å². The number of nitrogens with zero attached hydrogens (tertiary/aromatic N) is 2. The van der Waals surface area contributed by atoms with Crippen molar-refractivity contribution in [2.24, 2.45) is 0 Å². The number of benzene rings is 3. The van der Waals surface area contributed by atoms with Crippen LogP contribution in [-0.2, 0) is 22.4 Å². The van der Waals surface area contributed by atoms with E-state index in [9.17, 15) is 9.59 Å². The molecule has 0 radical (unpaired) electrons. The van der Waals surface area contributed by atoms with Crippen LogP contribution in [0.5, 0.6) is 28.7 Å². The lowest BCUT2D eigenvalue weighted by molar-refractivity contribution is -0.158. The van der Waals surface area contributed by atoms with Crippen LogP contribution in [0.1, 0.15) is 28.4 Å². The molecule has 4 aromatic rings. The molecular formula is C33H35N3O7. The van der Waals surface area contributed by atoms with Crippen molar-refractivity contribution in [3.8, 4) is 28.7 Å². The minimum Gasteiger partial charge on any atom is -0.493 e. The summed E-state index contributed by atoms with van der Waals surface area (Å²) in [5, 5.41) is 1.04. The molecule has 1 unspecified atom stereocenters. The lowest BCUT2D eigenvalue weighted by Crippen LogP contribution is -2.63. The summed E-state index contributed by atoms with van der Waals surface area (Å²) in [6.07, 6.45) is 0.985. The van der Waals surface area contributed by atoms with Crippen molar-refractivity contribution in [1.82, 2.24) is 14.8 Å². The average molecular weight is 586 g/mol. The predicted molar refractivity (Wildman–Crippen MR) is 160 cm³/mol. The molecule has 0 aliphatic carbocycles. The second kappa shape index (κ2) is 11.4. The van der Waals surface area contributed by atoms with Gasteiger partial charge in [0.25, 0.3) is 0 Å². The summed E-state index contributed by atoms with van der Waals surface area (Å²) >= 11 is 0. The Morgan fingerprint density at radius 3 is 2.19 bits per heavy atom. The summed E-state index contributed by atoms with van der Waals surface area (Å²) in [4.78, 5) is 35.1. The van der Waals surface area contributed by atoms with Crippen molar-refractivity contribution < 1.29 is 33.3 Å². The number of piperazine rings is 1. The van der Waals surface area contributed by atoms with Crippen molar-refractivity contribution in [1.29, 1.82) is 0 Å². The Bertz CT molecular complexity index is 1670. The van der Waals surface area contributed by atoms with Crippen LogP contribution >= 0.6 is 0 Å². The molecule has 2 amide bonds. The normalized spacial score (nSPS) is 17.9. The predicted octanol–water partition coefficient (Wildman–Crippen LogP) is 4.14. The van der Waals surface area contributed by atoms with E-state index in [0.29, 0.717) is 48.1 Å². The number of fused-ring (bicyclic) bond motifs is 4. The van der Waals surface area contributed by atoms with Crippen LogP contribution < -0.4 is 23.7 Å². The van der Waals surface area contributed by atoms with Gasteiger partial charge in [0.1, 0.15) is 6.04 Å². The van der Waals surface area contributed by atoms with E-state index in [4.69, 9.17) is 23.7 Å². The number of carbonyl (C=O) groups excluding carboxylic acids is 2. The minimum absolute atomic E-state index is 0.0148. The van der Waals surface area contributed by atoms with Crippen LogP contribution in [0.25, 0.3) is 10.9 Å². The molecule has 224 valence electrons. The van der Waals surface area contributed by atoms with Crippen LogP contribution in [-0.4, -0.2) is 81.3 Å². The summed E-state index contributed by atoms with van der Waals surface area (Å²) in [5.74, 6) is 2.47. The smallest absolute Gasteiger partial charge is 0.246 e. The number of nitrogens with one attached hydrogen (secondary N) is 1. The number of ether oxygens (including phenoxy) is 5. The largest absolute Gasteiger partial charge is 0.493 e. The molecule has 1 N–H and O–H groups in total. The molecule has 1 aromatic heterocycles. The molecule has 0 saturated carbocycles. The highest BCUT2D eigenvalue weighted by Gasteiger charge is 2.48. The first kappa shape index (κ1) is 28.3. The zero-order chi connectivity index (χ0) is 30.2. The fourth-order valence-electron chi connectivity index (χ4n) is 6.42. The maximum Gasteiger partial charge on any atom is 0.246 e. The third-order valence-corrected chi connectivity index (χ3v) is 8.46. The molecule has 0 bridgehead atoms. The molecule has 43 heavy (non-hydrogen) atoms. The molecule has 6 rings (SSSR count). The fourth-order valence-corrected chi connectivity index (χ4v) is 6.42. The Labute approximate surface area is 250 Å². The minimum atomic E-state index is -0.664. The van der Waals surface area contributed by atoms with E-state index in [0.717, 1.165) is 33.3 Å². The number of hydrogen-bond donors (Lipinski definition) is 1. The highest BCUT2D eigenvalue weighted by Crippen LogP contribution is 2.47. The van der Waals surface area contributed by atoms with Gasteiger partial charge in [0, 0.05) is 29.6 Å². The van der Waals surface area contributed by atoms with E-state index in [1.165, 1.54) is 0 Å². The lowest BCUT2D eigenvalue weighted by Gasteiger charge is -2.47. The Morgan fingerprint density at radius 2 is 1.51 bits per heavy atom. The molecule has 2 aliphatic rings. The van der Waals surface area contributed by atoms with Gasteiger partial charge in [-0.1, -0.05) is 24.3 Å². The van der Waals surface area contributed by atoms with Crippen LogP contribution in [0.15, 0.2) is 54.6 Å². The van der Waals surface area contributed by atoms with Crippen molar-refractivity contribution in [2.45, 2.75) is 24.9 Å². The lowest BCUT2D eigenvalue weighted by atomic mass is 9.86. The van der Waals surface area contributed by atoms with Gasteiger partial charge < -0.3 is 38.5 Å². The second-order valence-electron chi connectivity index (χ2n) is 10.6. The summed E-state index contributed by atoms with van der Waals surface area (Å²) in [6.45, 7) is 0.388. The quantitative estimate of drug-likeness (QED) is 0.315. The SMILES string of the molecule is COc1ccc(CCN2CC(=O)N3C(c4cc(OC)c(OC)c(OC)c4)c4[nH]c5ccccc5c4C[C@@H]3C2=O)cc1OC. The molecule has 1 saturated heterocycles. The molecule has 10 heteroatoms. The maximum absolute atomic E-state index is 14.1. The maximum atomic E-state index is 14.1. The molecule has 3 heterocycles. The number of para-hydroxylation sites is 1. The van der Waals surface area contributed by atoms with Crippen molar-refractivity contribution >= 4 is 22.7 Å². The molecular weight excluding hydrogens is 550 g/mol. The second-order valence-corrected chi connectivity index (χ2v) is 10.6. The number of aromatic amines is 1. The van der Waals surface area contributed by atoms with Crippen LogP contribution in [0.3, 0.4) is 0 Å². The molecule has 0 spiro atoms. The first-order chi connectivity index (χ1) is 20.9. The highest BCUT2D eigenvalue weighted by atomic mass is 16.5. The standard InChI is InChI=1S/C33H35N3O7/c1-39-25-11-10-19(14-26(25)40-2)12-13-35-18-29(37)36-24(33(35)38)17-22-21-8-6-7-9-23(21)34-30(22)31(36)20-15-27(41-3)32(43-5)28(16-20)42-4/h6-11,14-16,24,31,34H,12-13,17-18H2,1-5H3/t24-,31?/m1/s1. The van der Waals surface area contributed by atoms with Crippen molar-refractivity contribution in [3.05, 3.63) is 77.0 Å². The zero-order valence-corrected chi connectivity index (χ0v) is 24.9. The van der Waals surface area contributed by atoms with E-state index >= 15 is 0 Å². The summed E-state index contributed by atoms with van der Waals surface area (Å²) in [7, 11) is 7.86. The summed E-state index contributed by atoms with van der Waals surface area (Å²) in [5.41, 5.74) is 4.60. The van der Waals surface area contributed by atoms with Gasteiger partial charge in [0.15, 0.2) is 23.0 Å². The molecule has 1 fully saturated rings. The third kappa shape index (κ3) is 4.76.